The number of rotatable bonds is 7. The van der Waals surface area contributed by atoms with Gasteiger partial charge in [0.1, 0.15) is 5.75 Å². The molecule has 0 saturated carbocycles. The number of phenols is 1. The van der Waals surface area contributed by atoms with Crippen molar-refractivity contribution in [2.45, 2.75) is 12.5 Å². The van der Waals surface area contributed by atoms with E-state index in [-0.39, 0.29) is 17.4 Å². The first-order valence-electron chi connectivity index (χ1n) is 10.1. The molecule has 1 aliphatic rings. The van der Waals surface area contributed by atoms with Gasteiger partial charge in [-0.2, -0.15) is 5.10 Å². The van der Waals surface area contributed by atoms with Crippen molar-refractivity contribution in [3.8, 4) is 17.2 Å². The zero-order valence-electron chi connectivity index (χ0n) is 18.1. The molecule has 0 spiro atoms. The number of carbonyl (C=O) groups excluding carboxylic acids is 2. The number of thiophene rings is 1. The molecule has 0 radical (unpaired) electrons. The number of esters is 1. The molecule has 1 aliphatic heterocycles. The first kappa shape index (κ1) is 22.3. The summed E-state index contributed by atoms with van der Waals surface area (Å²) in [6.45, 7) is -0.468. The van der Waals surface area contributed by atoms with Crippen molar-refractivity contribution in [2.75, 3.05) is 20.8 Å². The van der Waals surface area contributed by atoms with Gasteiger partial charge in [0, 0.05) is 6.42 Å². The lowest BCUT2D eigenvalue weighted by Crippen LogP contribution is -2.31. The maximum atomic E-state index is 13.1. The van der Waals surface area contributed by atoms with Crippen LogP contribution in [0.3, 0.4) is 0 Å². The number of benzene rings is 2. The molecule has 2 aromatic carbocycles. The lowest BCUT2D eigenvalue weighted by molar-refractivity contribution is -0.136. The highest BCUT2D eigenvalue weighted by molar-refractivity contribution is 7.12. The average molecular weight is 467 g/mol. The standard InChI is InChI=1S/C24H22N2O6S/c1-30-20-10-7-16(12-21(20)31-2)19-13-18(22-4-3-11-33-22)25-26(19)23(28)14-32-24(29)15-5-8-17(27)9-6-15/h3-12,19,27H,13-14H2,1-2H3. The van der Waals surface area contributed by atoms with Gasteiger partial charge in [-0.3, -0.25) is 4.79 Å². The van der Waals surface area contributed by atoms with Crippen LogP contribution in [0.15, 0.2) is 65.1 Å². The van der Waals surface area contributed by atoms with Crippen LogP contribution in [-0.4, -0.2) is 48.5 Å². The van der Waals surface area contributed by atoms with Crippen molar-refractivity contribution in [2.24, 2.45) is 5.10 Å². The second-order valence-electron chi connectivity index (χ2n) is 7.22. The average Bonchev–Trinajstić information content (AvgIpc) is 3.52. The zero-order valence-corrected chi connectivity index (χ0v) is 18.9. The summed E-state index contributed by atoms with van der Waals surface area (Å²) in [6.07, 6.45) is 0.508. The van der Waals surface area contributed by atoms with E-state index in [0.717, 1.165) is 16.2 Å². The summed E-state index contributed by atoms with van der Waals surface area (Å²) in [5.41, 5.74) is 1.84. The van der Waals surface area contributed by atoms with Gasteiger partial charge in [0.2, 0.25) is 0 Å². The minimum Gasteiger partial charge on any atom is -0.508 e. The van der Waals surface area contributed by atoms with Crippen molar-refractivity contribution in [3.63, 3.8) is 0 Å². The summed E-state index contributed by atoms with van der Waals surface area (Å²) in [4.78, 5) is 26.3. The van der Waals surface area contributed by atoms with Crippen LogP contribution in [0.5, 0.6) is 17.2 Å². The smallest absolute Gasteiger partial charge is 0.338 e. The van der Waals surface area contributed by atoms with E-state index in [1.165, 1.54) is 29.3 Å². The van der Waals surface area contributed by atoms with Gasteiger partial charge in [-0.05, 0) is 53.4 Å². The Morgan fingerprint density at radius 3 is 2.52 bits per heavy atom. The summed E-state index contributed by atoms with van der Waals surface area (Å²) in [6, 6.07) is 14.6. The fourth-order valence-corrected chi connectivity index (χ4v) is 4.25. The Morgan fingerprint density at radius 2 is 1.85 bits per heavy atom. The first-order chi connectivity index (χ1) is 16.0. The molecule has 2 heterocycles. The Labute approximate surface area is 194 Å². The molecular formula is C24H22N2O6S. The third-order valence-electron chi connectivity index (χ3n) is 5.19. The number of hydrogen-bond donors (Lipinski definition) is 1. The van der Waals surface area contributed by atoms with Gasteiger partial charge < -0.3 is 19.3 Å². The highest BCUT2D eigenvalue weighted by Gasteiger charge is 2.34. The number of methoxy groups -OCH3 is 2. The van der Waals surface area contributed by atoms with Crippen molar-refractivity contribution >= 4 is 28.9 Å². The van der Waals surface area contributed by atoms with Gasteiger partial charge in [-0.1, -0.05) is 12.1 Å². The van der Waals surface area contributed by atoms with Crippen LogP contribution in [0.25, 0.3) is 0 Å². The van der Waals surface area contributed by atoms with E-state index in [2.05, 4.69) is 5.10 Å². The number of phenolic OH excluding ortho intramolecular Hbond substituents is 1. The molecule has 0 bridgehead atoms. The highest BCUT2D eigenvalue weighted by Crippen LogP contribution is 2.37. The first-order valence-corrected chi connectivity index (χ1v) is 11.0. The number of aromatic hydroxyl groups is 1. The molecule has 9 heteroatoms. The minimum atomic E-state index is -0.660. The molecule has 1 amide bonds. The fraction of sp³-hybridized carbons (Fsp3) is 0.208. The van der Waals surface area contributed by atoms with E-state index in [4.69, 9.17) is 14.2 Å². The number of carbonyl (C=O) groups is 2. The van der Waals surface area contributed by atoms with E-state index in [1.54, 1.807) is 31.6 Å². The molecule has 33 heavy (non-hydrogen) atoms. The lowest BCUT2D eigenvalue weighted by Gasteiger charge is -2.22. The van der Waals surface area contributed by atoms with Gasteiger partial charge in [0.25, 0.3) is 5.91 Å². The van der Waals surface area contributed by atoms with Crippen molar-refractivity contribution in [1.82, 2.24) is 5.01 Å². The summed E-state index contributed by atoms with van der Waals surface area (Å²) in [5.74, 6) is 0.0547. The monoisotopic (exact) mass is 466 g/mol. The SMILES string of the molecule is COc1ccc(C2CC(c3cccs3)=NN2C(=O)COC(=O)c2ccc(O)cc2)cc1OC. The van der Waals surface area contributed by atoms with Gasteiger partial charge in [-0.25, -0.2) is 9.80 Å². The molecule has 170 valence electrons. The molecule has 1 atom stereocenters. The van der Waals surface area contributed by atoms with Crippen LogP contribution in [-0.2, 0) is 9.53 Å². The molecule has 3 aromatic rings. The summed E-state index contributed by atoms with van der Waals surface area (Å²) >= 11 is 1.54. The van der Waals surface area contributed by atoms with Crippen molar-refractivity contribution < 1.29 is 28.9 Å². The Bertz CT molecular complexity index is 1170. The van der Waals surface area contributed by atoms with E-state index in [0.29, 0.717) is 17.9 Å². The third-order valence-corrected chi connectivity index (χ3v) is 6.11. The van der Waals surface area contributed by atoms with Crippen molar-refractivity contribution in [1.29, 1.82) is 0 Å². The lowest BCUT2D eigenvalue weighted by atomic mass is 10.0. The van der Waals surface area contributed by atoms with E-state index in [9.17, 15) is 14.7 Å². The molecule has 0 aliphatic carbocycles. The van der Waals surface area contributed by atoms with Crippen LogP contribution >= 0.6 is 11.3 Å². The molecule has 1 N–H and O–H groups in total. The van der Waals surface area contributed by atoms with E-state index in [1.807, 2.05) is 29.6 Å². The summed E-state index contributed by atoms with van der Waals surface area (Å²) in [5, 5.41) is 17.2. The van der Waals surface area contributed by atoms with Crippen molar-refractivity contribution in [3.05, 3.63) is 76.0 Å². The molecular weight excluding hydrogens is 444 g/mol. The Kier molecular flexibility index (Phi) is 6.60. The second-order valence-corrected chi connectivity index (χ2v) is 8.17. The number of amides is 1. The Morgan fingerprint density at radius 1 is 1.09 bits per heavy atom. The van der Waals surface area contributed by atoms with Crippen LogP contribution in [0.1, 0.15) is 33.3 Å². The number of nitrogens with zero attached hydrogens (tertiary/aromatic N) is 2. The molecule has 0 fully saturated rings. The molecule has 1 unspecified atom stereocenters. The molecule has 8 nitrogen and oxygen atoms in total. The maximum Gasteiger partial charge on any atom is 0.338 e. The van der Waals surface area contributed by atoms with Gasteiger partial charge in [0.15, 0.2) is 18.1 Å². The number of hydrazone groups is 1. The van der Waals surface area contributed by atoms with Crippen LogP contribution < -0.4 is 9.47 Å². The second kappa shape index (κ2) is 9.74. The fourth-order valence-electron chi connectivity index (χ4n) is 3.53. The van der Waals surface area contributed by atoms with E-state index < -0.39 is 18.5 Å². The zero-order chi connectivity index (χ0) is 23.4. The molecule has 4 rings (SSSR count). The number of ether oxygens (including phenoxy) is 3. The maximum absolute atomic E-state index is 13.1. The highest BCUT2D eigenvalue weighted by atomic mass is 32.1. The van der Waals surface area contributed by atoms with Gasteiger partial charge >= 0.3 is 5.97 Å². The molecule has 1 aromatic heterocycles. The van der Waals surface area contributed by atoms with Gasteiger partial charge in [-0.15, -0.1) is 11.3 Å². The predicted octanol–water partition coefficient (Wildman–Crippen LogP) is 4.01. The normalized spacial score (nSPS) is 15.2. The van der Waals surface area contributed by atoms with E-state index >= 15 is 0 Å². The topological polar surface area (TPSA) is 97.7 Å². The Balaban J connectivity index is 1.56. The number of hydrogen-bond acceptors (Lipinski definition) is 8. The quantitative estimate of drug-likeness (QED) is 0.529. The summed E-state index contributed by atoms with van der Waals surface area (Å²) < 4.78 is 15.9. The predicted molar refractivity (Wildman–Crippen MR) is 123 cm³/mol. The Hall–Kier alpha value is -3.85. The molecule has 0 saturated heterocycles. The third kappa shape index (κ3) is 4.83. The summed E-state index contributed by atoms with van der Waals surface area (Å²) in [7, 11) is 3.11. The van der Waals surface area contributed by atoms with Crippen LogP contribution in [0.4, 0.5) is 0 Å². The van der Waals surface area contributed by atoms with Crippen LogP contribution in [0, 0.1) is 0 Å². The minimum absolute atomic E-state index is 0.0351. The van der Waals surface area contributed by atoms with Crippen LogP contribution in [0.2, 0.25) is 0 Å². The van der Waals surface area contributed by atoms with Gasteiger partial charge in [0.05, 0.1) is 36.4 Å². The largest absolute Gasteiger partial charge is 0.508 e.